The van der Waals surface area contributed by atoms with Gasteiger partial charge in [0.15, 0.2) is 0 Å². The third-order valence-electron chi connectivity index (χ3n) is 4.25. The van der Waals surface area contributed by atoms with Crippen LogP contribution in [-0.2, 0) is 0 Å². The van der Waals surface area contributed by atoms with E-state index in [1.165, 1.54) is 43.1 Å². The second kappa shape index (κ2) is 7.55. The van der Waals surface area contributed by atoms with Crippen LogP contribution in [0.5, 0.6) is 0 Å². The molecule has 6 nitrogen and oxygen atoms in total. The molecule has 0 aliphatic heterocycles. The summed E-state index contributed by atoms with van der Waals surface area (Å²) in [5.74, 6) is -0.129. The Bertz CT molecular complexity index is 650. The Morgan fingerprint density at radius 3 is 2.61 bits per heavy atom. The van der Waals surface area contributed by atoms with Crippen molar-refractivity contribution >= 4 is 17.5 Å². The largest absolute Gasteiger partial charge is 0.349 e. The number of hydrogen-bond donors (Lipinski definition) is 1. The van der Waals surface area contributed by atoms with Gasteiger partial charge in [-0.05, 0) is 41.5 Å². The average molecular weight is 334 g/mol. The lowest BCUT2D eigenvalue weighted by molar-refractivity contribution is 0.0930. The smallest absolute Gasteiger partial charge is 0.253 e. The number of carbonyl (C=O) groups excluding carboxylic acids is 1. The summed E-state index contributed by atoms with van der Waals surface area (Å²) in [7, 11) is 0. The summed E-state index contributed by atoms with van der Waals surface area (Å²) in [6.45, 7) is 0. The van der Waals surface area contributed by atoms with Crippen molar-refractivity contribution in [1.82, 2.24) is 25.5 Å². The van der Waals surface area contributed by atoms with Gasteiger partial charge in [0.05, 0.1) is 16.3 Å². The van der Waals surface area contributed by atoms with Gasteiger partial charge in [0.2, 0.25) is 0 Å². The van der Waals surface area contributed by atoms with Gasteiger partial charge in [0.1, 0.15) is 6.33 Å². The highest BCUT2D eigenvalue weighted by Gasteiger charge is 2.18. The number of nitrogens with one attached hydrogen (secondary N) is 1. The Labute approximate surface area is 140 Å². The Morgan fingerprint density at radius 1 is 1.17 bits per heavy atom. The highest BCUT2D eigenvalue weighted by atomic mass is 35.5. The maximum Gasteiger partial charge on any atom is 0.253 e. The Hall–Kier alpha value is -1.95. The fourth-order valence-electron chi connectivity index (χ4n) is 2.97. The summed E-state index contributed by atoms with van der Waals surface area (Å²) < 4.78 is 1.50. The molecule has 0 saturated heterocycles. The predicted octanol–water partition coefficient (Wildman–Crippen LogP) is 3.16. The van der Waals surface area contributed by atoms with Crippen molar-refractivity contribution in [2.45, 2.75) is 51.0 Å². The van der Waals surface area contributed by atoms with Crippen LogP contribution >= 0.6 is 11.6 Å². The van der Waals surface area contributed by atoms with Crippen molar-refractivity contribution in [3.05, 3.63) is 35.1 Å². The molecule has 23 heavy (non-hydrogen) atoms. The first kappa shape index (κ1) is 15.9. The van der Waals surface area contributed by atoms with Crippen LogP contribution in [0.2, 0.25) is 5.02 Å². The van der Waals surface area contributed by atoms with Crippen LogP contribution < -0.4 is 5.32 Å². The van der Waals surface area contributed by atoms with E-state index < -0.39 is 0 Å². The topological polar surface area (TPSA) is 72.7 Å². The van der Waals surface area contributed by atoms with E-state index in [2.05, 4.69) is 20.8 Å². The first-order valence-corrected chi connectivity index (χ1v) is 8.45. The van der Waals surface area contributed by atoms with E-state index in [-0.39, 0.29) is 11.9 Å². The van der Waals surface area contributed by atoms with Crippen molar-refractivity contribution in [2.75, 3.05) is 0 Å². The van der Waals surface area contributed by atoms with Crippen molar-refractivity contribution < 1.29 is 4.79 Å². The summed E-state index contributed by atoms with van der Waals surface area (Å²) in [6, 6.07) is 5.43. The molecule has 0 spiro atoms. The maximum absolute atomic E-state index is 12.6. The third kappa shape index (κ3) is 4.07. The molecule has 122 valence electrons. The van der Waals surface area contributed by atoms with Crippen LogP contribution in [-0.4, -0.2) is 32.2 Å². The number of tetrazole rings is 1. The van der Waals surface area contributed by atoms with Crippen molar-refractivity contribution in [3.63, 3.8) is 0 Å². The molecule has 0 unspecified atom stereocenters. The zero-order valence-corrected chi connectivity index (χ0v) is 13.7. The van der Waals surface area contributed by atoms with Gasteiger partial charge >= 0.3 is 0 Å². The summed E-state index contributed by atoms with van der Waals surface area (Å²) in [4.78, 5) is 12.6. The fraction of sp³-hybridized carbons (Fsp3) is 0.500. The summed E-state index contributed by atoms with van der Waals surface area (Å²) in [6.07, 6.45) is 9.71. The SMILES string of the molecule is O=C(NC1CCCCCCC1)c1cc(-n2cnnn2)ccc1Cl. The number of hydrogen-bond acceptors (Lipinski definition) is 4. The maximum atomic E-state index is 12.6. The minimum absolute atomic E-state index is 0.129. The second-order valence-electron chi connectivity index (χ2n) is 5.93. The Balaban J connectivity index is 1.74. The number of carbonyl (C=O) groups is 1. The lowest BCUT2D eigenvalue weighted by atomic mass is 9.96. The number of nitrogens with zero attached hydrogens (tertiary/aromatic N) is 4. The molecular formula is C16H20ClN5O. The predicted molar refractivity (Wildman–Crippen MR) is 87.7 cm³/mol. The van der Waals surface area contributed by atoms with Gasteiger partial charge < -0.3 is 5.32 Å². The summed E-state index contributed by atoms with van der Waals surface area (Å²) >= 11 is 6.21. The number of aromatic nitrogens is 4. The van der Waals surface area contributed by atoms with Gasteiger partial charge in [-0.25, -0.2) is 4.68 Å². The van der Waals surface area contributed by atoms with Crippen LogP contribution in [0.25, 0.3) is 5.69 Å². The zero-order chi connectivity index (χ0) is 16.1. The minimum Gasteiger partial charge on any atom is -0.349 e. The molecule has 1 aromatic carbocycles. The molecule has 1 aliphatic carbocycles. The van der Waals surface area contributed by atoms with Crippen molar-refractivity contribution in [2.24, 2.45) is 0 Å². The van der Waals surface area contributed by atoms with Gasteiger partial charge in [0.25, 0.3) is 5.91 Å². The molecule has 1 heterocycles. The lowest BCUT2D eigenvalue weighted by Gasteiger charge is -2.21. The molecule has 0 radical (unpaired) electrons. The van der Waals surface area contributed by atoms with Crippen molar-refractivity contribution in [1.29, 1.82) is 0 Å². The zero-order valence-electron chi connectivity index (χ0n) is 12.9. The van der Waals surface area contributed by atoms with E-state index in [1.54, 1.807) is 18.2 Å². The Kier molecular flexibility index (Phi) is 5.23. The monoisotopic (exact) mass is 333 g/mol. The van der Waals surface area contributed by atoms with E-state index >= 15 is 0 Å². The molecule has 1 fully saturated rings. The number of rotatable bonds is 3. The quantitative estimate of drug-likeness (QED) is 0.936. The molecule has 1 aromatic heterocycles. The van der Waals surface area contributed by atoms with Crippen LogP contribution in [0.3, 0.4) is 0 Å². The fourth-order valence-corrected chi connectivity index (χ4v) is 3.18. The molecule has 7 heteroatoms. The van der Waals surface area contributed by atoms with E-state index in [4.69, 9.17) is 11.6 Å². The summed E-state index contributed by atoms with van der Waals surface area (Å²) in [5, 5.41) is 14.6. The van der Waals surface area contributed by atoms with E-state index in [0.717, 1.165) is 12.8 Å². The lowest BCUT2D eigenvalue weighted by Crippen LogP contribution is -2.35. The van der Waals surface area contributed by atoms with E-state index in [0.29, 0.717) is 16.3 Å². The molecule has 1 saturated carbocycles. The van der Waals surface area contributed by atoms with E-state index in [1.807, 2.05) is 0 Å². The van der Waals surface area contributed by atoms with Gasteiger partial charge in [0, 0.05) is 6.04 Å². The highest BCUT2D eigenvalue weighted by molar-refractivity contribution is 6.33. The van der Waals surface area contributed by atoms with Crippen molar-refractivity contribution in [3.8, 4) is 5.69 Å². The highest BCUT2D eigenvalue weighted by Crippen LogP contribution is 2.21. The molecule has 1 aliphatic rings. The third-order valence-corrected chi connectivity index (χ3v) is 4.58. The first-order chi connectivity index (χ1) is 11.2. The van der Waals surface area contributed by atoms with Gasteiger partial charge in [-0.3, -0.25) is 4.79 Å². The number of benzene rings is 1. The van der Waals surface area contributed by atoms with Crippen LogP contribution in [0, 0.1) is 0 Å². The molecule has 0 atom stereocenters. The van der Waals surface area contributed by atoms with Crippen LogP contribution in [0.1, 0.15) is 55.3 Å². The van der Waals surface area contributed by atoms with Gasteiger partial charge in [-0.1, -0.05) is 43.7 Å². The summed E-state index contributed by atoms with van der Waals surface area (Å²) in [5.41, 5.74) is 1.17. The number of amides is 1. The molecule has 1 amide bonds. The van der Waals surface area contributed by atoms with E-state index in [9.17, 15) is 4.79 Å². The molecule has 3 rings (SSSR count). The number of halogens is 1. The second-order valence-corrected chi connectivity index (χ2v) is 6.34. The molecule has 2 aromatic rings. The molecule has 0 bridgehead atoms. The van der Waals surface area contributed by atoms with Crippen LogP contribution in [0.4, 0.5) is 0 Å². The van der Waals surface area contributed by atoms with Gasteiger partial charge in [-0.15, -0.1) is 5.10 Å². The van der Waals surface area contributed by atoms with Crippen LogP contribution in [0.15, 0.2) is 24.5 Å². The normalized spacial score (nSPS) is 16.6. The molecular weight excluding hydrogens is 314 g/mol. The van der Waals surface area contributed by atoms with Gasteiger partial charge in [-0.2, -0.15) is 0 Å². The average Bonchev–Trinajstić information content (AvgIpc) is 3.04. The Morgan fingerprint density at radius 2 is 1.91 bits per heavy atom. The first-order valence-electron chi connectivity index (χ1n) is 8.08. The molecule has 1 N–H and O–H groups in total. The minimum atomic E-state index is -0.129. The standard InChI is InChI=1S/C16H20ClN5O/c17-15-9-8-13(22-11-18-20-21-22)10-14(15)16(23)19-12-6-4-2-1-3-5-7-12/h8-12H,1-7H2,(H,19,23).